The summed E-state index contributed by atoms with van der Waals surface area (Å²) in [6, 6.07) is 12.0. The second-order valence-electron chi connectivity index (χ2n) is 7.88. The molecule has 2 aliphatic rings. The first-order valence-corrected chi connectivity index (χ1v) is 10.5. The number of likely N-dealkylation sites (N-methyl/N-ethyl adjacent to an activating group) is 1. The van der Waals surface area contributed by atoms with Gasteiger partial charge in [-0.15, -0.1) is 0 Å². The molecular formula is C22H25Cl2N3O. The van der Waals surface area contributed by atoms with Crippen molar-refractivity contribution in [1.82, 2.24) is 9.80 Å². The van der Waals surface area contributed by atoms with Crippen molar-refractivity contribution in [1.29, 1.82) is 0 Å². The van der Waals surface area contributed by atoms with Crippen LogP contribution in [0.3, 0.4) is 0 Å². The molecule has 0 aliphatic carbocycles. The molecule has 1 fully saturated rings. The van der Waals surface area contributed by atoms with Gasteiger partial charge in [-0.25, -0.2) is 4.79 Å². The molecule has 6 heteroatoms. The van der Waals surface area contributed by atoms with Crippen molar-refractivity contribution in [2.45, 2.75) is 37.8 Å². The molecule has 0 radical (unpaired) electrons. The van der Waals surface area contributed by atoms with E-state index in [-0.39, 0.29) is 18.0 Å². The number of nitrogens with zero attached hydrogens (tertiary/aromatic N) is 2. The second-order valence-corrected chi connectivity index (χ2v) is 8.72. The fourth-order valence-corrected chi connectivity index (χ4v) is 5.33. The van der Waals surface area contributed by atoms with Crippen LogP contribution in [0, 0.1) is 0 Å². The van der Waals surface area contributed by atoms with Crippen LogP contribution < -0.4 is 5.73 Å². The van der Waals surface area contributed by atoms with Crippen molar-refractivity contribution in [2.75, 3.05) is 20.1 Å². The summed E-state index contributed by atoms with van der Waals surface area (Å²) in [6.07, 6.45) is 3.04. The summed E-state index contributed by atoms with van der Waals surface area (Å²) >= 11 is 12.9. The van der Waals surface area contributed by atoms with Crippen molar-refractivity contribution < 1.29 is 4.79 Å². The minimum atomic E-state index is -0.341. The molecule has 4 rings (SSSR count). The van der Waals surface area contributed by atoms with Gasteiger partial charge < -0.3 is 15.5 Å². The van der Waals surface area contributed by atoms with E-state index < -0.39 is 0 Å². The Bertz CT molecular complexity index is 901. The number of amides is 2. The quantitative estimate of drug-likeness (QED) is 0.731. The Morgan fingerprint density at radius 3 is 2.61 bits per heavy atom. The second kappa shape index (κ2) is 7.94. The lowest BCUT2D eigenvalue weighted by Crippen LogP contribution is -2.42. The first-order chi connectivity index (χ1) is 13.5. The van der Waals surface area contributed by atoms with Crippen LogP contribution in [0.1, 0.15) is 53.5 Å². The van der Waals surface area contributed by atoms with Gasteiger partial charge in [0.1, 0.15) is 0 Å². The lowest BCUT2D eigenvalue weighted by atomic mass is 9.80. The molecule has 28 heavy (non-hydrogen) atoms. The maximum Gasteiger partial charge on any atom is 0.315 e. The molecule has 4 nitrogen and oxygen atoms in total. The van der Waals surface area contributed by atoms with Gasteiger partial charge in [0.15, 0.2) is 0 Å². The van der Waals surface area contributed by atoms with Crippen molar-refractivity contribution in [3.63, 3.8) is 0 Å². The Labute approximate surface area is 176 Å². The molecule has 2 atom stereocenters. The first kappa shape index (κ1) is 19.6. The SMILES string of the molecule is CN1Cc2c(Cl)cc(Cl)cc2C(c2ccccc2C2CCCCN2C(N)=O)C1. The van der Waals surface area contributed by atoms with Crippen LogP contribution in [-0.4, -0.2) is 36.0 Å². The normalized spacial score (nSPS) is 22.8. The maximum absolute atomic E-state index is 12.1. The minimum absolute atomic E-state index is 0.0211. The Morgan fingerprint density at radius 2 is 1.86 bits per heavy atom. The molecule has 2 aromatic rings. The molecular weight excluding hydrogens is 393 g/mol. The van der Waals surface area contributed by atoms with Gasteiger partial charge in [0.25, 0.3) is 0 Å². The number of likely N-dealkylation sites (tertiary alicyclic amines) is 1. The van der Waals surface area contributed by atoms with Crippen LogP contribution in [0.15, 0.2) is 36.4 Å². The topological polar surface area (TPSA) is 49.6 Å². The lowest BCUT2D eigenvalue weighted by Gasteiger charge is -2.39. The number of nitrogens with two attached hydrogens (primary N) is 1. The van der Waals surface area contributed by atoms with E-state index in [1.807, 2.05) is 23.1 Å². The van der Waals surface area contributed by atoms with Crippen molar-refractivity contribution in [3.8, 4) is 0 Å². The molecule has 2 amide bonds. The highest BCUT2D eigenvalue weighted by Gasteiger charge is 2.33. The summed E-state index contributed by atoms with van der Waals surface area (Å²) in [4.78, 5) is 16.2. The molecule has 2 unspecified atom stereocenters. The monoisotopic (exact) mass is 417 g/mol. The van der Waals surface area contributed by atoms with Crippen LogP contribution in [0.5, 0.6) is 0 Å². The average molecular weight is 418 g/mol. The van der Waals surface area contributed by atoms with Gasteiger partial charge in [0, 0.05) is 35.6 Å². The molecule has 0 bridgehead atoms. The fourth-order valence-electron chi connectivity index (χ4n) is 4.76. The molecule has 2 N–H and O–H groups in total. The van der Waals surface area contributed by atoms with Gasteiger partial charge in [0.2, 0.25) is 0 Å². The number of piperidine rings is 1. The summed E-state index contributed by atoms with van der Waals surface area (Å²) in [6.45, 7) is 2.40. The Kier molecular flexibility index (Phi) is 5.55. The molecule has 2 aromatic carbocycles. The third-order valence-electron chi connectivity index (χ3n) is 6.01. The van der Waals surface area contributed by atoms with E-state index in [0.29, 0.717) is 16.6 Å². The minimum Gasteiger partial charge on any atom is -0.351 e. The summed E-state index contributed by atoms with van der Waals surface area (Å²) < 4.78 is 0. The molecule has 148 valence electrons. The predicted octanol–water partition coefficient (Wildman–Crippen LogP) is 5.18. The van der Waals surface area contributed by atoms with Crippen LogP contribution in [0.2, 0.25) is 10.0 Å². The van der Waals surface area contributed by atoms with Gasteiger partial charge in [-0.2, -0.15) is 0 Å². The number of carbonyl (C=O) groups is 1. The largest absolute Gasteiger partial charge is 0.351 e. The maximum atomic E-state index is 12.1. The Morgan fingerprint density at radius 1 is 1.11 bits per heavy atom. The lowest BCUT2D eigenvalue weighted by molar-refractivity contribution is 0.159. The molecule has 1 saturated heterocycles. The zero-order valence-electron chi connectivity index (χ0n) is 16.0. The van der Waals surface area contributed by atoms with Gasteiger partial charge in [-0.05, 0) is 60.7 Å². The number of fused-ring (bicyclic) bond motifs is 1. The van der Waals surface area contributed by atoms with E-state index in [4.69, 9.17) is 28.9 Å². The molecule has 2 heterocycles. The zero-order valence-corrected chi connectivity index (χ0v) is 17.5. The number of urea groups is 1. The van der Waals surface area contributed by atoms with E-state index in [2.05, 4.69) is 30.1 Å². The molecule has 2 aliphatic heterocycles. The number of benzene rings is 2. The highest BCUT2D eigenvalue weighted by atomic mass is 35.5. The van der Waals surface area contributed by atoms with Crippen LogP contribution in [0.25, 0.3) is 0 Å². The molecule has 0 spiro atoms. The predicted molar refractivity (Wildman–Crippen MR) is 114 cm³/mol. The summed E-state index contributed by atoms with van der Waals surface area (Å²) in [7, 11) is 2.11. The van der Waals surface area contributed by atoms with E-state index in [1.165, 1.54) is 16.7 Å². The number of carbonyl (C=O) groups excluding carboxylic acids is 1. The number of hydrogen-bond donors (Lipinski definition) is 1. The highest BCUT2D eigenvalue weighted by molar-refractivity contribution is 6.35. The number of rotatable bonds is 2. The first-order valence-electron chi connectivity index (χ1n) is 9.77. The Balaban J connectivity index is 1.83. The van der Waals surface area contributed by atoms with E-state index >= 15 is 0 Å². The highest BCUT2D eigenvalue weighted by Crippen LogP contribution is 2.42. The van der Waals surface area contributed by atoms with Gasteiger partial charge in [0.05, 0.1) is 6.04 Å². The van der Waals surface area contributed by atoms with Gasteiger partial charge in [-0.3, -0.25) is 0 Å². The third kappa shape index (κ3) is 3.61. The summed E-state index contributed by atoms with van der Waals surface area (Å²) in [5.74, 6) is 0.151. The zero-order chi connectivity index (χ0) is 19.8. The van der Waals surface area contributed by atoms with Gasteiger partial charge in [-0.1, -0.05) is 47.5 Å². The molecule has 0 aromatic heterocycles. The fraction of sp³-hybridized carbons (Fsp3) is 0.409. The van der Waals surface area contributed by atoms with Crippen molar-refractivity contribution in [2.24, 2.45) is 5.73 Å². The summed E-state index contributed by atoms with van der Waals surface area (Å²) in [5.41, 5.74) is 10.4. The smallest absolute Gasteiger partial charge is 0.315 e. The van der Waals surface area contributed by atoms with E-state index in [0.717, 1.165) is 37.9 Å². The summed E-state index contributed by atoms with van der Waals surface area (Å²) in [5, 5.41) is 1.38. The van der Waals surface area contributed by atoms with Crippen molar-refractivity contribution >= 4 is 29.2 Å². The number of primary amides is 1. The number of hydrogen-bond acceptors (Lipinski definition) is 2. The van der Waals surface area contributed by atoms with Gasteiger partial charge >= 0.3 is 6.03 Å². The standard InChI is InChI=1S/C22H25Cl2N3O/c1-26-12-18(17-10-14(23)11-20(24)19(17)13-26)15-6-2-3-7-16(15)21-8-4-5-9-27(21)22(25)28/h2-3,6-7,10-11,18,21H,4-5,8-9,12-13H2,1H3,(H2,25,28). The van der Waals surface area contributed by atoms with E-state index in [9.17, 15) is 4.79 Å². The van der Waals surface area contributed by atoms with Crippen molar-refractivity contribution in [3.05, 3.63) is 68.7 Å². The Hall–Kier alpha value is -1.75. The third-order valence-corrected chi connectivity index (χ3v) is 6.56. The van der Waals surface area contributed by atoms with Crippen LogP contribution in [-0.2, 0) is 6.54 Å². The number of halogens is 2. The van der Waals surface area contributed by atoms with Crippen LogP contribution in [0.4, 0.5) is 4.79 Å². The van der Waals surface area contributed by atoms with Crippen LogP contribution >= 0.6 is 23.2 Å². The molecule has 0 saturated carbocycles. The van der Waals surface area contributed by atoms with E-state index in [1.54, 1.807) is 0 Å². The average Bonchev–Trinajstić information content (AvgIpc) is 2.68.